The molecule has 2 rings (SSSR count). The molecule has 2 aliphatic rings. The Hall–Kier alpha value is -0.570. The summed E-state index contributed by atoms with van der Waals surface area (Å²) in [4.78, 5) is 11.9. The molecule has 0 aromatic rings. The molecule has 0 atom stereocenters. The van der Waals surface area contributed by atoms with Crippen LogP contribution in [-0.4, -0.2) is 19.0 Å². The minimum absolute atomic E-state index is 0.198. The molecule has 18 heavy (non-hydrogen) atoms. The smallest absolute Gasteiger partial charge is 0.220 e. The quantitative estimate of drug-likeness (QED) is 0.790. The second kappa shape index (κ2) is 6.55. The molecule has 0 saturated heterocycles. The van der Waals surface area contributed by atoms with Crippen LogP contribution in [0, 0.1) is 11.3 Å². The monoisotopic (exact) mass is 252 g/mol. The van der Waals surface area contributed by atoms with E-state index >= 15 is 0 Å². The van der Waals surface area contributed by atoms with Crippen LogP contribution in [0.15, 0.2) is 0 Å². The molecule has 1 amide bonds. The van der Waals surface area contributed by atoms with E-state index in [2.05, 4.69) is 5.32 Å². The molecule has 0 aliphatic heterocycles. The largest absolute Gasteiger partial charge is 0.355 e. The summed E-state index contributed by atoms with van der Waals surface area (Å²) in [6, 6.07) is 0. The maximum Gasteiger partial charge on any atom is 0.220 e. The molecular formula is C15H28N2O. The summed E-state index contributed by atoms with van der Waals surface area (Å²) in [6.45, 7) is 1.52. The zero-order valence-electron chi connectivity index (χ0n) is 11.5. The Labute approximate surface area is 111 Å². The summed E-state index contributed by atoms with van der Waals surface area (Å²) in [5.41, 5.74) is 6.13. The Morgan fingerprint density at radius 3 is 2.39 bits per heavy atom. The Kier molecular flexibility index (Phi) is 5.04. The van der Waals surface area contributed by atoms with Crippen molar-refractivity contribution in [2.45, 2.75) is 64.2 Å². The summed E-state index contributed by atoms with van der Waals surface area (Å²) in [7, 11) is 0. The molecule has 0 aromatic heterocycles. The van der Waals surface area contributed by atoms with Crippen LogP contribution in [0.1, 0.15) is 64.2 Å². The van der Waals surface area contributed by atoms with Gasteiger partial charge in [-0.05, 0) is 43.6 Å². The summed E-state index contributed by atoms with van der Waals surface area (Å²) < 4.78 is 0. The molecule has 0 radical (unpaired) electrons. The van der Waals surface area contributed by atoms with Crippen molar-refractivity contribution >= 4 is 5.91 Å². The molecule has 0 bridgehead atoms. The van der Waals surface area contributed by atoms with Gasteiger partial charge in [-0.1, -0.05) is 32.1 Å². The van der Waals surface area contributed by atoms with Crippen LogP contribution >= 0.6 is 0 Å². The topological polar surface area (TPSA) is 55.1 Å². The highest BCUT2D eigenvalue weighted by Gasteiger charge is 2.31. The Morgan fingerprint density at radius 2 is 1.78 bits per heavy atom. The summed E-state index contributed by atoms with van der Waals surface area (Å²) >= 11 is 0. The zero-order valence-corrected chi connectivity index (χ0v) is 11.5. The number of carbonyl (C=O) groups excluding carboxylic acids is 1. The highest BCUT2D eigenvalue weighted by molar-refractivity contribution is 5.76. The molecule has 2 aliphatic carbocycles. The van der Waals surface area contributed by atoms with Gasteiger partial charge in [-0.25, -0.2) is 0 Å². The van der Waals surface area contributed by atoms with Crippen LogP contribution in [0.5, 0.6) is 0 Å². The van der Waals surface area contributed by atoms with Crippen molar-refractivity contribution in [2.75, 3.05) is 13.1 Å². The lowest BCUT2D eigenvalue weighted by Crippen LogP contribution is -2.44. The van der Waals surface area contributed by atoms with Gasteiger partial charge in [-0.3, -0.25) is 4.79 Å². The maximum absolute atomic E-state index is 11.9. The van der Waals surface area contributed by atoms with E-state index in [-0.39, 0.29) is 11.3 Å². The first-order valence-electron chi connectivity index (χ1n) is 7.71. The van der Waals surface area contributed by atoms with E-state index in [0.29, 0.717) is 5.92 Å². The second-order valence-electron chi connectivity index (χ2n) is 6.40. The molecule has 2 fully saturated rings. The van der Waals surface area contributed by atoms with Gasteiger partial charge in [0, 0.05) is 13.0 Å². The van der Waals surface area contributed by atoms with Crippen molar-refractivity contribution < 1.29 is 4.79 Å². The first-order chi connectivity index (χ1) is 8.74. The minimum atomic E-state index is 0.198. The lowest BCUT2D eigenvalue weighted by Gasteiger charge is -2.36. The average Bonchev–Trinajstić information content (AvgIpc) is 2.90. The van der Waals surface area contributed by atoms with Crippen molar-refractivity contribution in [3.05, 3.63) is 0 Å². The normalized spacial score (nSPS) is 24.1. The second-order valence-corrected chi connectivity index (χ2v) is 6.40. The fourth-order valence-electron chi connectivity index (χ4n) is 3.59. The van der Waals surface area contributed by atoms with Crippen molar-refractivity contribution in [3.63, 3.8) is 0 Å². The van der Waals surface area contributed by atoms with Crippen molar-refractivity contribution in [1.82, 2.24) is 5.32 Å². The maximum atomic E-state index is 11.9. The molecule has 0 aromatic carbocycles. The van der Waals surface area contributed by atoms with E-state index in [4.69, 9.17) is 5.73 Å². The number of carbonyl (C=O) groups is 1. The van der Waals surface area contributed by atoms with Crippen LogP contribution in [0.2, 0.25) is 0 Å². The van der Waals surface area contributed by atoms with E-state index in [1.54, 1.807) is 0 Å². The van der Waals surface area contributed by atoms with Crippen molar-refractivity contribution in [3.8, 4) is 0 Å². The highest BCUT2D eigenvalue weighted by Crippen LogP contribution is 2.34. The fraction of sp³-hybridized carbons (Fsp3) is 0.933. The molecule has 2 saturated carbocycles. The lowest BCUT2D eigenvalue weighted by molar-refractivity contribution is -0.122. The summed E-state index contributed by atoms with van der Waals surface area (Å²) in [5, 5.41) is 3.15. The van der Waals surface area contributed by atoms with Gasteiger partial charge >= 0.3 is 0 Å². The third-order valence-electron chi connectivity index (χ3n) is 4.96. The molecule has 104 valence electrons. The van der Waals surface area contributed by atoms with Gasteiger partial charge in [0.25, 0.3) is 0 Å². The van der Waals surface area contributed by atoms with Crippen LogP contribution < -0.4 is 11.1 Å². The van der Waals surface area contributed by atoms with Gasteiger partial charge in [-0.2, -0.15) is 0 Å². The van der Waals surface area contributed by atoms with Gasteiger partial charge in [0.05, 0.1) is 0 Å². The lowest BCUT2D eigenvalue weighted by atomic mass is 9.74. The molecule has 3 heteroatoms. The Morgan fingerprint density at radius 1 is 1.11 bits per heavy atom. The molecule has 0 unspecified atom stereocenters. The number of hydrogen-bond donors (Lipinski definition) is 2. The van der Waals surface area contributed by atoms with E-state index in [0.717, 1.165) is 19.5 Å². The van der Waals surface area contributed by atoms with Crippen LogP contribution in [0.3, 0.4) is 0 Å². The van der Waals surface area contributed by atoms with Gasteiger partial charge < -0.3 is 11.1 Å². The van der Waals surface area contributed by atoms with Crippen molar-refractivity contribution in [2.24, 2.45) is 17.1 Å². The average molecular weight is 252 g/mol. The zero-order chi connectivity index (χ0) is 12.8. The standard InChI is InChI=1S/C15H28N2O/c16-11-15(8-4-1-5-9-15)12-17-14(18)10-13-6-2-3-7-13/h13H,1-12,16H2,(H,17,18). The fourth-order valence-corrected chi connectivity index (χ4v) is 3.59. The predicted molar refractivity (Wildman–Crippen MR) is 74.2 cm³/mol. The third kappa shape index (κ3) is 3.71. The summed E-state index contributed by atoms with van der Waals surface area (Å²) in [6.07, 6.45) is 12.1. The number of nitrogens with one attached hydrogen (secondary N) is 1. The van der Waals surface area contributed by atoms with Crippen LogP contribution in [0.25, 0.3) is 0 Å². The van der Waals surface area contributed by atoms with E-state index in [9.17, 15) is 4.79 Å². The summed E-state index contributed by atoms with van der Waals surface area (Å²) in [5.74, 6) is 0.894. The van der Waals surface area contributed by atoms with E-state index in [1.807, 2.05) is 0 Å². The third-order valence-corrected chi connectivity index (χ3v) is 4.96. The van der Waals surface area contributed by atoms with Gasteiger partial charge in [-0.15, -0.1) is 0 Å². The predicted octanol–water partition coefficient (Wildman–Crippen LogP) is 2.59. The Balaban J connectivity index is 1.73. The number of hydrogen-bond acceptors (Lipinski definition) is 2. The number of amides is 1. The minimum Gasteiger partial charge on any atom is -0.355 e. The molecule has 0 heterocycles. The SMILES string of the molecule is NCC1(CNC(=O)CC2CCCC2)CCCCC1. The van der Waals surface area contributed by atoms with E-state index < -0.39 is 0 Å². The Bertz CT molecular complexity index is 266. The number of nitrogens with two attached hydrogens (primary N) is 1. The first kappa shape index (κ1) is 13.9. The first-order valence-corrected chi connectivity index (χ1v) is 7.71. The van der Waals surface area contributed by atoms with Gasteiger partial charge in [0.2, 0.25) is 5.91 Å². The van der Waals surface area contributed by atoms with Crippen LogP contribution in [0.4, 0.5) is 0 Å². The highest BCUT2D eigenvalue weighted by atomic mass is 16.1. The van der Waals surface area contributed by atoms with Gasteiger partial charge in [0.15, 0.2) is 0 Å². The molecule has 3 nitrogen and oxygen atoms in total. The molecule has 3 N–H and O–H groups in total. The van der Waals surface area contributed by atoms with Crippen molar-refractivity contribution in [1.29, 1.82) is 0 Å². The van der Waals surface area contributed by atoms with Crippen LogP contribution in [-0.2, 0) is 4.79 Å². The molecule has 0 spiro atoms. The van der Waals surface area contributed by atoms with E-state index in [1.165, 1.54) is 57.8 Å². The van der Waals surface area contributed by atoms with Gasteiger partial charge in [0.1, 0.15) is 0 Å². The number of rotatable bonds is 5. The molecular weight excluding hydrogens is 224 g/mol.